The van der Waals surface area contributed by atoms with Gasteiger partial charge in [-0.1, -0.05) is 12.1 Å². The van der Waals surface area contributed by atoms with Gasteiger partial charge in [0.05, 0.1) is 17.0 Å². The van der Waals surface area contributed by atoms with Gasteiger partial charge in [0.2, 0.25) is 10.0 Å². The number of para-hydroxylation sites is 1. The summed E-state index contributed by atoms with van der Waals surface area (Å²) in [5.74, 6) is -0.111. The number of primary sulfonamides is 1. The first kappa shape index (κ1) is 13.3. The lowest BCUT2D eigenvalue weighted by Crippen LogP contribution is -2.22. The molecule has 0 unspecified atom stereocenters. The highest BCUT2D eigenvalue weighted by Crippen LogP contribution is 2.23. The van der Waals surface area contributed by atoms with E-state index in [9.17, 15) is 8.42 Å². The lowest BCUT2D eigenvalue weighted by Gasteiger charge is -2.08. The highest BCUT2D eigenvalue weighted by molar-refractivity contribution is 9.10. The predicted octanol–water partition coefficient (Wildman–Crippen LogP) is 1.70. The monoisotopic (exact) mass is 329 g/mol. The number of halogens is 1. The first-order chi connectivity index (χ1) is 8.46. The van der Waals surface area contributed by atoms with Crippen molar-refractivity contribution in [2.75, 3.05) is 17.6 Å². The summed E-state index contributed by atoms with van der Waals surface area (Å²) in [6, 6.07) is 7.63. The molecule has 7 heteroatoms. The maximum absolute atomic E-state index is 10.8. The Morgan fingerprint density at radius 2 is 2.17 bits per heavy atom. The summed E-state index contributed by atoms with van der Waals surface area (Å²) in [6.45, 7) is 0.260. The summed E-state index contributed by atoms with van der Waals surface area (Å²) in [5.41, 5.74) is 1.60. The Kier molecular flexibility index (Phi) is 3.84. The van der Waals surface area contributed by atoms with Crippen LogP contribution in [0.25, 0.3) is 10.9 Å². The van der Waals surface area contributed by atoms with Gasteiger partial charge in [0.15, 0.2) is 0 Å². The maximum Gasteiger partial charge on any atom is 0.210 e. The molecule has 0 aliphatic carbocycles. The Balaban J connectivity index is 2.23. The Bertz CT molecular complexity index is 673. The Hall–Kier alpha value is -1.18. The lowest BCUT2D eigenvalue weighted by atomic mass is 10.2. The summed E-state index contributed by atoms with van der Waals surface area (Å²) >= 11 is 3.36. The minimum Gasteiger partial charge on any atom is -0.382 e. The molecule has 0 spiro atoms. The van der Waals surface area contributed by atoms with Crippen molar-refractivity contribution >= 4 is 42.5 Å². The molecule has 2 aromatic rings. The zero-order valence-corrected chi connectivity index (χ0v) is 11.8. The van der Waals surface area contributed by atoms with Crippen molar-refractivity contribution in [2.24, 2.45) is 5.14 Å². The van der Waals surface area contributed by atoms with Crippen LogP contribution in [0.15, 0.2) is 34.9 Å². The van der Waals surface area contributed by atoms with Crippen LogP contribution in [-0.2, 0) is 10.0 Å². The number of pyridine rings is 1. The SMILES string of the molecule is NS(=O)(=O)CCNc1cccc2cc(Br)cnc12. The molecule has 18 heavy (non-hydrogen) atoms. The summed E-state index contributed by atoms with van der Waals surface area (Å²) in [5, 5.41) is 8.95. The number of nitrogens with one attached hydrogen (secondary N) is 1. The minimum atomic E-state index is -3.44. The van der Waals surface area contributed by atoms with Gasteiger partial charge in [0, 0.05) is 22.6 Å². The van der Waals surface area contributed by atoms with Gasteiger partial charge >= 0.3 is 0 Å². The van der Waals surface area contributed by atoms with Crippen LogP contribution in [0.5, 0.6) is 0 Å². The van der Waals surface area contributed by atoms with Gasteiger partial charge in [-0.2, -0.15) is 0 Å². The molecule has 0 saturated heterocycles. The third-order valence-corrected chi connectivity index (χ3v) is 3.59. The molecule has 2 rings (SSSR count). The minimum absolute atomic E-state index is 0.111. The first-order valence-electron chi connectivity index (χ1n) is 5.24. The Morgan fingerprint density at radius 1 is 1.39 bits per heavy atom. The second-order valence-electron chi connectivity index (χ2n) is 3.82. The van der Waals surface area contributed by atoms with E-state index in [0.29, 0.717) is 0 Å². The normalized spacial score (nSPS) is 11.7. The topological polar surface area (TPSA) is 85.1 Å². The molecule has 5 nitrogen and oxygen atoms in total. The van der Waals surface area contributed by atoms with Gasteiger partial charge < -0.3 is 5.32 Å². The number of benzene rings is 1. The predicted molar refractivity (Wildman–Crippen MR) is 75.9 cm³/mol. The van der Waals surface area contributed by atoms with Gasteiger partial charge in [0.25, 0.3) is 0 Å². The van der Waals surface area contributed by atoms with Crippen LogP contribution in [0.3, 0.4) is 0 Å². The van der Waals surface area contributed by atoms with Crippen LogP contribution in [0.1, 0.15) is 0 Å². The molecule has 0 saturated carbocycles. The number of anilines is 1. The molecule has 96 valence electrons. The molecule has 1 aromatic heterocycles. The van der Waals surface area contributed by atoms with Gasteiger partial charge in [-0.3, -0.25) is 4.98 Å². The molecule has 0 bridgehead atoms. The van der Waals surface area contributed by atoms with E-state index in [2.05, 4.69) is 26.2 Å². The number of rotatable bonds is 4. The summed E-state index contributed by atoms with van der Waals surface area (Å²) in [6.07, 6.45) is 1.70. The van der Waals surface area contributed by atoms with Gasteiger partial charge in [-0.15, -0.1) is 0 Å². The Labute approximate surface area is 114 Å². The standard InChI is InChI=1S/C11H12BrN3O2S/c12-9-6-8-2-1-3-10(11(8)15-7-9)14-4-5-18(13,16)17/h1-3,6-7,14H,4-5H2,(H2,13,16,17). The van der Waals surface area contributed by atoms with Crippen LogP contribution >= 0.6 is 15.9 Å². The number of fused-ring (bicyclic) bond motifs is 1. The molecular formula is C11H12BrN3O2S. The van der Waals surface area contributed by atoms with Gasteiger partial charge in [0.1, 0.15) is 0 Å². The molecule has 0 atom stereocenters. The number of hydrogen-bond acceptors (Lipinski definition) is 4. The smallest absolute Gasteiger partial charge is 0.210 e. The molecule has 0 radical (unpaired) electrons. The number of hydrogen-bond donors (Lipinski definition) is 2. The maximum atomic E-state index is 10.8. The van der Waals surface area contributed by atoms with Crippen molar-refractivity contribution in [1.29, 1.82) is 0 Å². The lowest BCUT2D eigenvalue weighted by molar-refractivity contribution is 0.598. The fourth-order valence-corrected chi connectivity index (χ4v) is 2.34. The molecule has 0 amide bonds. The zero-order valence-electron chi connectivity index (χ0n) is 9.43. The second kappa shape index (κ2) is 5.21. The average molecular weight is 330 g/mol. The van der Waals surface area contributed by atoms with E-state index in [4.69, 9.17) is 5.14 Å². The molecule has 1 heterocycles. The molecule has 3 N–H and O–H groups in total. The summed E-state index contributed by atoms with van der Waals surface area (Å²) in [7, 11) is -3.44. The van der Waals surface area contributed by atoms with Crippen LogP contribution in [0.4, 0.5) is 5.69 Å². The van der Waals surface area contributed by atoms with Crippen molar-refractivity contribution in [1.82, 2.24) is 4.98 Å². The van der Waals surface area contributed by atoms with E-state index in [0.717, 1.165) is 21.1 Å². The summed E-state index contributed by atoms with van der Waals surface area (Å²) in [4.78, 5) is 4.31. The fraction of sp³-hybridized carbons (Fsp3) is 0.182. The van der Waals surface area contributed by atoms with Crippen molar-refractivity contribution < 1.29 is 8.42 Å². The number of nitrogens with zero attached hydrogens (tertiary/aromatic N) is 1. The number of sulfonamides is 1. The molecule has 1 aromatic carbocycles. The molecule has 0 aliphatic rings. The van der Waals surface area contributed by atoms with E-state index >= 15 is 0 Å². The van der Waals surface area contributed by atoms with Crippen molar-refractivity contribution in [3.8, 4) is 0 Å². The highest BCUT2D eigenvalue weighted by atomic mass is 79.9. The third kappa shape index (κ3) is 3.41. The average Bonchev–Trinajstić information content (AvgIpc) is 2.27. The first-order valence-corrected chi connectivity index (χ1v) is 7.75. The zero-order chi connectivity index (χ0) is 13.2. The third-order valence-electron chi connectivity index (χ3n) is 2.38. The van der Waals surface area contributed by atoms with Gasteiger partial charge in [-0.05, 0) is 28.1 Å². The summed E-state index contributed by atoms with van der Waals surface area (Å²) < 4.78 is 22.6. The number of nitrogens with two attached hydrogens (primary N) is 1. The highest BCUT2D eigenvalue weighted by Gasteiger charge is 2.05. The van der Waals surface area contributed by atoms with Crippen molar-refractivity contribution in [2.45, 2.75) is 0 Å². The molecule has 0 aliphatic heterocycles. The van der Waals surface area contributed by atoms with E-state index in [1.165, 1.54) is 0 Å². The molecule has 0 fully saturated rings. The van der Waals surface area contributed by atoms with E-state index in [1.807, 2.05) is 24.3 Å². The van der Waals surface area contributed by atoms with E-state index < -0.39 is 10.0 Å². The number of aromatic nitrogens is 1. The largest absolute Gasteiger partial charge is 0.382 e. The fourth-order valence-electron chi connectivity index (χ4n) is 1.60. The van der Waals surface area contributed by atoms with Crippen molar-refractivity contribution in [3.05, 3.63) is 34.9 Å². The van der Waals surface area contributed by atoms with Crippen LogP contribution in [-0.4, -0.2) is 25.7 Å². The van der Waals surface area contributed by atoms with Crippen LogP contribution < -0.4 is 10.5 Å². The van der Waals surface area contributed by atoms with Gasteiger partial charge in [-0.25, -0.2) is 13.6 Å². The van der Waals surface area contributed by atoms with E-state index in [1.54, 1.807) is 6.20 Å². The Morgan fingerprint density at radius 3 is 2.89 bits per heavy atom. The van der Waals surface area contributed by atoms with E-state index in [-0.39, 0.29) is 12.3 Å². The second-order valence-corrected chi connectivity index (χ2v) is 6.47. The van der Waals surface area contributed by atoms with Crippen LogP contribution in [0.2, 0.25) is 0 Å². The van der Waals surface area contributed by atoms with Crippen LogP contribution in [0, 0.1) is 0 Å². The molecular weight excluding hydrogens is 318 g/mol. The quantitative estimate of drug-likeness (QED) is 0.893. The van der Waals surface area contributed by atoms with Crippen molar-refractivity contribution in [3.63, 3.8) is 0 Å².